The van der Waals surface area contributed by atoms with Gasteiger partial charge in [-0.1, -0.05) is 0 Å². The zero-order valence-electron chi connectivity index (χ0n) is 9.31. The van der Waals surface area contributed by atoms with Crippen LogP contribution in [-0.4, -0.2) is 17.7 Å². The van der Waals surface area contributed by atoms with Gasteiger partial charge in [0, 0.05) is 0 Å². The van der Waals surface area contributed by atoms with Crippen molar-refractivity contribution >= 4 is 5.97 Å². The fraction of sp³-hybridized carbons (Fsp3) is 0.273. The van der Waals surface area contributed by atoms with Crippen LogP contribution in [0.4, 0.5) is 0 Å². The summed E-state index contributed by atoms with van der Waals surface area (Å²) in [5, 5.41) is 35.4. The van der Waals surface area contributed by atoms with Gasteiger partial charge in [0.15, 0.2) is 0 Å². The summed E-state index contributed by atoms with van der Waals surface area (Å²) < 4.78 is 4.63. The van der Waals surface area contributed by atoms with Gasteiger partial charge in [0.25, 0.3) is 0 Å². The molecule has 0 aromatic carbocycles. The van der Waals surface area contributed by atoms with E-state index in [-0.39, 0.29) is 6.61 Å². The van der Waals surface area contributed by atoms with Crippen LogP contribution >= 0.6 is 0 Å². The summed E-state index contributed by atoms with van der Waals surface area (Å²) in [6.07, 6.45) is 0. The number of hydrogen-bond donors (Lipinski definition) is 1. The molecule has 17 heavy (non-hydrogen) atoms. The predicted molar refractivity (Wildman–Crippen MR) is 55.8 cm³/mol. The molecule has 86 valence electrons. The molecule has 0 aliphatic carbocycles. The molecule has 6 nitrogen and oxygen atoms in total. The SMILES string of the molecule is CCOC(=O)/C(C(C#N)=C(C#N)C#N)=C(/C)O. The molecule has 0 saturated carbocycles. The smallest absolute Gasteiger partial charge is 0.342 e. The maximum absolute atomic E-state index is 11.5. The Bertz CT molecular complexity index is 490. The van der Waals surface area contributed by atoms with E-state index in [1.54, 1.807) is 13.0 Å². The summed E-state index contributed by atoms with van der Waals surface area (Å²) in [4.78, 5) is 11.5. The molecule has 0 heterocycles. The molecule has 0 radical (unpaired) electrons. The van der Waals surface area contributed by atoms with E-state index in [9.17, 15) is 9.90 Å². The Hall–Kier alpha value is -2.78. The summed E-state index contributed by atoms with van der Waals surface area (Å²) >= 11 is 0. The second-order valence-electron chi connectivity index (χ2n) is 2.77. The number of nitriles is 3. The van der Waals surface area contributed by atoms with Gasteiger partial charge in [-0.05, 0) is 13.8 Å². The van der Waals surface area contributed by atoms with E-state index in [2.05, 4.69) is 4.74 Å². The van der Waals surface area contributed by atoms with E-state index < -0.39 is 28.4 Å². The number of carbonyl (C=O) groups excluding carboxylic acids is 1. The Morgan fingerprint density at radius 2 is 1.76 bits per heavy atom. The van der Waals surface area contributed by atoms with Crippen LogP contribution < -0.4 is 0 Å². The number of aliphatic hydroxyl groups is 1. The van der Waals surface area contributed by atoms with Gasteiger partial charge >= 0.3 is 5.97 Å². The lowest BCUT2D eigenvalue weighted by Gasteiger charge is -2.06. The number of allylic oxidation sites excluding steroid dienone is 2. The van der Waals surface area contributed by atoms with E-state index in [1.165, 1.54) is 12.1 Å². The highest BCUT2D eigenvalue weighted by Crippen LogP contribution is 2.18. The zero-order valence-corrected chi connectivity index (χ0v) is 9.31. The number of rotatable bonds is 3. The average Bonchev–Trinajstić information content (AvgIpc) is 2.28. The first-order valence-electron chi connectivity index (χ1n) is 4.55. The minimum atomic E-state index is -0.952. The highest BCUT2D eigenvalue weighted by atomic mass is 16.5. The van der Waals surface area contributed by atoms with Crippen molar-refractivity contribution in [1.82, 2.24) is 0 Å². The van der Waals surface area contributed by atoms with Gasteiger partial charge in [-0.2, -0.15) is 15.8 Å². The molecule has 0 amide bonds. The van der Waals surface area contributed by atoms with Crippen molar-refractivity contribution in [3.05, 3.63) is 22.5 Å². The molecule has 0 atom stereocenters. The molecule has 0 fully saturated rings. The molecule has 6 heteroatoms. The van der Waals surface area contributed by atoms with Gasteiger partial charge in [0.2, 0.25) is 0 Å². The second kappa shape index (κ2) is 6.66. The molecule has 0 saturated heterocycles. The average molecular weight is 231 g/mol. The van der Waals surface area contributed by atoms with Crippen molar-refractivity contribution in [2.24, 2.45) is 0 Å². The topological polar surface area (TPSA) is 118 Å². The normalized spacial score (nSPS) is 10.1. The third kappa shape index (κ3) is 3.37. The lowest BCUT2D eigenvalue weighted by Crippen LogP contribution is -2.12. The van der Waals surface area contributed by atoms with Crippen molar-refractivity contribution in [2.75, 3.05) is 6.61 Å². The zero-order chi connectivity index (χ0) is 13.4. The maximum Gasteiger partial charge on any atom is 0.342 e. The molecular weight excluding hydrogens is 222 g/mol. The predicted octanol–water partition coefficient (Wildman–Crippen LogP) is 1.25. The number of carbonyl (C=O) groups is 1. The first-order chi connectivity index (χ1) is 8.03. The monoisotopic (exact) mass is 231 g/mol. The molecule has 0 unspecified atom stereocenters. The van der Waals surface area contributed by atoms with Crippen LogP contribution in [0.15, 0.2) is 22.5 Å². The second-order valence-corrected chi connectivity index (χ2v) is 2.77. The third-order valence-electron chi connectivity index (χ3n) is 1.68. The minimum absolute atomic E-state index is 0.0444. The van der Waals surface area contributed by atoms with Crippen LogP contribution in [0, 0.1) is 34.0 Å². The Balaban J connectivity index is 5.88. The first-order valence-corrected chi connectivity index (χ1v) is 4.55. The third-order valence-corrected chi connectivity index (χ3v) is 1.68. The van der Waals surface area contributed by atoms with E-state index in [4.69, 9.17) is 15.8 Å². The summed E-state index contributed by atoms with van der Waals surface area (Å²) in [5.41, 5.74) is -1.51. The largest absolute Gasteiger partial charge is 0.512 e. The van der Waals surface area contributed by atoms with Gasteiger partial charge < -0.3 is 9.84 Å². The van der Waals surface area contributed by atoms with Gasteiger partial charge in [-0.15, -0.1) is 0 Å². The number of ether oxygens (including phenoxy) is 1. The summed E-state index contributed by atoms with van der Waals surface area (Å²) in [5.74, 6) is -1.44. The highest BCUT2D eigenvalue weighted by molar-refractivity contribution is 5.96. The van der Waals surface area contributed by atoms with Crippen molar-refractivity contribution < 1.29 is 14.6 Å². The minimum Gasteiger partial charge on any atom is -0.512 e. The fourth-order valence-electron chi connectivity index (χ4n) is 1.01. The number of aliphatic hydroxyl groups excluding tert-OH is 1. The summed E-state index contributed by atoms with van der Waals surface area (Å²) in [6.45, 7) is 2.76. The summed E-state index contributed by atoms with van der Waals surface area (Å²) in [6, 6.07) is 4.50. The molecule has 0 rings (SSSR count). The van der Waals surface area contributed by atoms with Crippen LogP contribution in [0.1, 0.15) is 13.8 Å². The van der Waals surface area contributed by atoms with Gasteiger partial charge in [-0.3, -0.25) is 0 Å². The molecule has 0 bridgehead atoms. The Morgan fingerprint density at radius 3 is 2.06 bits per heavy atom. The van der Waals surface area contributed by atoms with Crippen LogP contribution in [0.3, 0.4) is 0 Å². The van der Waals surface area contributed by atoms with E-state index in [0.29, 0.717) is 0 Å². The van der Waals surface area contributed by atoms with Gasteiger partial charge in [0.1, 0.15) is 35.1 Å². The van der Waals surface area contributed by atoms with E-state index in [0.717, 1.165) is 6.92 Å². The van der Waals surface area contributed by atoms with Crippen LogP contribution in [0.25, 0.3) is 0 Å². The van der Waals surface area contributed by atoms with E-state index >= 15 is 0 Å². The molecule has 0 spiro atoms. The van der Waals surface area contributed by atoms with Gasteiger partial charge in [0.05, 0.1) is 12.2 Å². The Morgan fingerprint density at radius 1 is 1.24 bits per heavy atom. The number of esters is 1. The summed E-state index contributed by atoms with van der Waals surface area (Å²) in [7, 11) is 0. The standard InChI is InChI=1S/C11H9N3O3/c1-3-17-11(16)10(7(2)15)9(6-14)8(4-12)5-13/h15H,3H2,1-2H3/b10-7-. The molecule has 0 aliphatic rings. The van der Waals surface area contributed by atoms with Crippen molar-refractivity contribution in [3.8, 4) is 18.2 Å². The number of hydrogen-bond acceptors (Lipinski definition) is 6. The lowest BCUT2D eigenvalue weighted by molar-refractivity contribution is -0.138. The van der Waals surface area contributed by atoms with Crippen LogP contribution in [0.2, 0.25) is 0 Å². The molecule has 0 aromatic heterocycles. The van der Waals surface area contributed by atoms with Crippen molar-refractivity contribution in [3.63, 3.8) is 0 Å². The van der Waals surface area contributed by atoms with Crippen molar-refractivity contribution in [1.29, 1.82) is 15.8 Å². The van der Waals surface area contributed by atoms with Gasteiger partial charge in [-0.25, -0.2) is 4.79 Å². The number of nitrogens with zero attached hydrogens (tertiary/aromatic N) is 3. The molecule has 0 aliphatic heterocycles. The molecule has 0 aromatic rings. The maximum atomic E-state index is 11.5. The Labute approximate surface area is 98.3 Å². The first kappa shape index (κ1) is 14.2. The quantitative estimate of drug-likeness (QED) is 0.257. The molecular formula is C11H9N3O3. The lowest BCUT2D eigenvalue weighted by atomic mass is 10.0. The molecule has 1 N–H and O–H groups in total. The fourth-order valence-corrected chi connectivity index (χ4v) is 1.01. The van der Waals surface area contributed by atoms with Crippen LogP contribution in [0.5, 0.6) is 0 Å². The van der Waals surface area contributed by atoms with Crippen LogP contribution in [-0.2, 0) is 9.53 Å². The van der Waals surface area contributed by atoms with Crippen molar-refractivity contribution in [2.45, 2.75) is 13.8 Å². The highest BCUT2D eigenvalue weighted by Gasteiger charge is 2.23. The Kier molecular flexibility index (Phi) is 5.57. The van der Waals surface area contributed by atoms with E-state index in [1.807, 2.05) is 0 Å².